The Bertz CT molecular complexity index is 1070. The summed E-state index contributed by atoms with van der Waals surface area (Å²) in [5.74, 6) is 0.821. The van der Waals surface area contributed by atoms with Gasteiger partial charge in [-0.3, -0.25) is 4.98 Å². The quantitative estimate of drug-likeness (QED) is 0.628. The molecule has 5 nitrogen and oxygen atoms in total. The van der Waals surface area contributed by atoms with Crippen molar-refractivity contribution in [1.29, 1.82) is 0 Å². The Kier molecular flexibility index (Phi) is 2.65. The number of H-pyrrole nitrogens is 1. The molecule has 0 aliphatic heterocycles. The number of methoxy groups -OCH3 is 1. The van der Waals surface area contributed by atoms with Gasteiger partial charge in [-0.05, 0) is 24.6 Å². The van der Waals surface area contributed by atoms with Gasteiger partial charge in [0.1, 0.15) is 11.6 Å². The minimum Gasteiger partial charge on any atom is -0.497 e. The van der Waals surface area contributed by atoms with E-state index in [1.807, 2.05) is 30.3 Å². The Morgan fingerprint density at radius 3 is 3.04 bits per heavy atom. The average Bonchev–Trinajstić information content (AvgIpc) is 3.03. The van der Waals surface area contributed by atoms with Gasteiger partial charge in [-0.1, -0.05) is 18.2 Å². The van der Waals surface area contributed by atoms with Crippen LogP contribution in [0.25, 0.3) is 22.1 Å². The molecule has 0 radical (unpaired) electrons. The second kappa shape index (κ2) is 5.68. The predicted octanol–water partition coefficient (Wildman–Crippen LogP) is 3.30. The van der Waals surface area contributed by atoms with Gasteiger partial charge in [0.05, 0.1) is 22.3 Å². The van der Waals surface area contributed by atoms with Gasteiger partial charge in [0.15, 0.2) is 5.65 Å². The summed E-state index contributed by atoms with van der Waals surface area (Å²) in [7, 11) is 1.39. The van der Waals surface area contributed by atoms with E-state index in [0.717, 1.165) is 22.2 Å². The molecule has 3 heterocycles. The zero-order chi connectivity index (χ0) is 18.3. The second-order valence-electron chi connectivity index (χ2n) is 5.19. The van der Waals surface area contributed by atoms with Gasteiger partial charge in [0.2, 0.25) is 0 Å². The van der Waals surface area contributed by atoms with E-state index in [1.165, 1.54) is 7.11 Å². The molecule has 114 valence electrons. The molecule has 1 N–H and O–H groups in total. The van der Waals surface area contributed by atoms with E-state index in [4.69, 9.17) is 8.85 Å². The number of rotatable bonds is 4. The van der Waals surface area contributed by atoms with E-state index in [9.17, 15) is 0 Å². The Hall–Kier alpha value is -2.95. The fourth-order valence-electron chi connectivity index (χ4n) is 2.51. The first kappa shape index (κ1) is 10.7. The van der Waals surface area contributed by atoms with Gasteiger partial charge in [-0.15, -0.1) is 0 Å². The van der Waals surface area contributed by atoms with Crippen LogP contribution in [-0.4, -0.2) is 27.0 Å². The van der Waals surface area contributed by atoms with Crippen molar-refractivity contribution in [3.05, 3.63) is 60.1 Å². The van der Waals surface area contributed by atoms with Crippen LogP contribution in [0.15, 0.2) is 48.6 Å². The Morgan fingerprint density at radius 2 is 2.13 bits per heavy atom. The van der Waals surface area contributed by atoms with Crippen LogP contribution < -0.4 is 4.74 Å². The summed E-state index contributed by atoms with van der Waals surface area (Å²) < 4.78 is 28.7. The van der Waals surface area contributed by atoms with Crippen LogP contribution in [0.3, 0.4) is 0 Å². The topological polar surface area (TPSA) is 63.7 Å². The number of fused-ring (bicyclic) bond motifs is 2. The highest BCUT2D eigenvalue weighted by Gasteiger charge is 2.07. The molecule has 0 spiro atoms. The van der Waals surface area contributed by atoms with Crippen molar-refractivity contribution in [2.75, 3.05) is 7.11 Å². The zero-order valence-corrected chi connectivity index (χ0v) is 12.6. The predicted molar refractivity (Wildman–Crippen MR) is 89.6 cm³/mol. The summed E-state index contributed by atoms with van der Waals surface area (Å²) in [6, 6.07) is 9.76. The van der Waals surface area contributed by atoms with E-state index in [2.05, 4.69) is 19.9 Å². The second-order valence-corrected chi connectivity index (χ2v) is 5.19. The summed E-state index contributed by atoms with van der Waals surface area (Å²) in [5, 5.41) is 1.04. The number of aromatic amines is 1. The number of hydrogen-bond acceptors (Lipinski definition) is 4. The van der Waals surface area contributed by atoms with Crippen LogP contribution in [0, 0.1) is 0 Å². The first-order valence-corrected chi connectivity index (χ1v) is 7.32. The van der Waals surface area contributed by atoms with Crippen LogP contribution in [0.5, 0.6) is 5.75 Å². The fraction of sp³-hybridized carbons (Fsp3) is 0.167. The lowest BCUT2D eigenvalue weighted by Crippen LogP contribution is -1.96. The smallest absolute Gasteiger partial charge is 0.178 e. The van der Waals surface area contributed by atoms with Gasteiger partial charge in [0, 0.05) is 29.7 Å². The summed E-state index contributed by atoms with van der Waals surface area (Å²) in [6.07, 6.45) is 0.747. The number of nitrogens with zero attached hydrogens (tertiary/aromatic N) is 3. The van der Waals surface area contributed by atoms with E-state index in [-0.39, 0.29) is 24.0 Å². The fourth-order valence-corrected chi connectivity index (χ4v) is 2.51. The van der Waals surface area contributed by atoms with Crippen molar-refractivity contribution in [3.8, 4) is 5.75 Å². The minimum atomic E-state index is -0.189. The molecule has 23 heavy (non-hydrogen) atoms. The van der Waals surface area contributed by atoms with E-state index < -0.39 is 0 Å². The van der Waals surface area contributed by atoms with Crippen LogP contribution in [-0.2, 0) is 12.8 Å². The van der Waals surface area contributed by atoms with Gasteiger partial charge < -0.3 is 9.72 Å². The standard InChI is InChI=1S/C18H16N4O/c1-23-14-8-9-19-13(11-14)6-7-17-20-16-10-12-4-2-3-5-15(12)21-18(16)22-17/h2-5,8-11H,6-7H2,1H3,(H,20,21,22)/i8T,9T,11T. The lowest BCUT2D eigenvalue weighted by atomic mass is 10.2. The van der Waals surface area contributed by atoms with Crippen molar-refractivity contribution in [3.63, 3.8) is 0 Å². The third kappa shape index (κ3) is 2.73. The summed E-state index contributed by atoms with van der Waals surface area (Å²) in [6.45, 7) is 0. The van der Waals surface area contributed by atoms with Crippen LogP contribution >= 0.6 is 0 Å². The van der Waals surface area contributed by atoms with Crippen molar-refractivity contribution in [2.24, 2.45) is 0 Å². The lowest BCUT2D eigenvalue weighted by molar-refractivity contribution is 0.413. The van der Waals surface area contributed by atoms with Crippen molar-refractivity contribution in [2.45, 2.75) is 12.8 Å². The molecule has 4 rings (SSSR count). The van der Waals surface area contributed by atoms with E-state index >= 15 is 0 Å². The highest BCUT2D eigenvalue weighted by molar-refractivity contribution is 5.89. The molecule has 0 aliphatic carbocycles. The molecule has 0 fully saturated rings. The molecule has 1 aromatic carbocycles. The maximum Gasteiger partial charge on any atom is 0.178 e. The number of ether oxygens (including phenoxy) is 1. The molecular weight excluding hydrogens is 288 g/mol. The van der Waals surface area contributed by atoms with Crippen LogP contribution in [0.2, 0.25) is 0 Å². The highest BCUT2D eigenvalue weighted by Crippen LogP contribution is 2.18. The number of benzene rings is 1. The van der Waals surface area contributed by atoms with E-state index in [1.54, 1.807) is 0 Å². The van der Waals surface area contributed by atoms with Crippen molar-refractivity contribution in [1.82, 2.24) is 19.9 Å². The lowest BCUT2D eigenvalue weighted by Gasteiger charge is -2.02. The Balaban J connectivity index is 1.64. The molecule has 0 unspecified atom stereocenters. The number of pyridine rings is 2. The molecule has 0 saturated heterocycles. The summed E-state index contributed by atoms with van der Waals surface area (Å²) >= 11 is 0. The third-order valence-corrected chi connectivity index (χ3v) is 3.64. The molecule has 0 saturated carbocycles. The normalized spacial score (nSPS) is 13.0. The van der Waals surface area contributed by atoms with Gasteiger partial charge >= 0.3 is 0 Å². The number of imidazole rings is 1. The molecule has 0 aliphatic rings. The number of aromatic nitrogens is 4. The SMILES string of the molecule is [3H]c1nc(CCc2nc3nc4ccccc4cc3[nH]2)c([3H])c(OC)c1[3H]. The Morgan fingerprint density at radius 1 is 1.22 bits per heavy atom. The average molecular weight is 310 g/mol. The Labute approximate surface area is 137 Å². The minimum absolute atomic E-state index is 0.0495. The molecule has 4 aromatic rings. The van der Waals surface area contributed by atoms with E-state index in [0.29, 0.717) is 24.2 Å². The molecule has 3 aromatic heterocycles. The molecule has 0 bridgehead atoms. The number of nitrogens with one attached hydrogen (secondary N) is 1. The van der Waals surface area contributed by atoms with Crippen LogP contribution in [0.1, 0.15) is 15.6 Å². The van der Waals surface area contributed by atoms with Gasteiger partial charge in [-0.2, -0.15) is 0 Å². The van der Waals surface area contributed by atoms with Crippen molar-refractivity contribution >= 4 is 22.1 Å². The highest BCUT2D eigenvalue weighted by atomic mass is 16.5. The molecular formula is C18H16N4O. The largest absolute Gasteiger partial charge is 0.497 e. The van der Waals surface area contributed by atoms with Gasteiger partial charge in [-0.25, -0.2) is 9.97 Å². The summed E-state index contributed by atoms with van der Waals surface area (Å²) in [4.78, 5) is 16.4. The maximum absolute atomic E-state index is 8.12. The first-order valence-electron chi connectivity index (χ1n) is 8.82. The number of aryl methyl sites for hydroxylation is 2. The molecule has 5 heteroatoms. The first-order chi connectivity index (χ1) is 12.6. The summed E-state index contributed by atoms with van der Waals surface area (Å²) in [5.41, 5.74) is 2.82. The maximum atomic E-state index is 8.12. The van der Waals surface area contributed by atoms with Gasteiger partial charge in [0.25, 0.3) is 0 Å². The number of para-hydroxylation sites is 1. The monoisotopic (exact) mass is 310 g/mol. The van der Waals surface area contributed by atoms with Crippen LogP contribution in [0.4, 0.5) is 0 Å². The van der Waals surface area contributed by atoms with Crippen molar-refractivity contribution < 1.29 is 8.85 Å². The molecule has 0 amide bonds. The third-order valence-electron chi connectivity index (χ3n) is 3.64. The number of hydrogen-bond donors (Lipinski definition) is 1. The molecule has 0 atom stereocenters. The zero-order valence-electron chi connectivity index (χ0n) is 15.6.